The van der Waals surface area contributed by atoms with E-state index in [1.165, 1.54) is 25.7 Å². The van der Waals surface area contributed by atoms with E-state index in [2.05, 4.69) is 19.1 Å². The fourth-order valence-corrected chi connectivity index (χ4v) is 6.51. The third-order valence-electron chi connectivity index (χ3n) is 6.72. The predicted molar refractivity (Wildman–Crippen MR) is 68.9 cm³/mol. The van der Waals surface area contributed by atoms with Crippen molar-refractivity contribution in [1.29, 1.82) is 0 Å². The Balaban J connectivity index is 1.75. The van der Waals surface area contributed by atoms with Crippen molar-refractivity contribution in [3.8, 4) is 0 Å². The maximum atomic E-state index is 11.4. The van der Waals surface area contributed by atoms with Crippen LogP contribution in [0.25, 0.3) is 0 Å². The van der Waals surface area contributed by atoms with Crippen molar-refractivity contribution in [3.05, 3.63) is 12.2 Å². The summed E-state index contributed by atoms with van der Waals surface area (Å²) >= 11 is 0. The van der Waals surface area contributed by atoms with E-state index in [1.807, 2.05) is 0 Å². The highest BCUT2D eigenvalue weighted by Crippen LogP contribution is 2.75. The van der Waals surface area contributed by atoms with E-state index in [1.54, 1.807) is 0 Å². The molecule has 2 heteroatoms. The maximum Gasteiger partial charge on any atom is 0.306 e. The Hall–Kier alpha value is -0.790. The first kappa shape index (κ1) is 11.1. The SMILES string of the molecule is CCCC12C3C=CC(C3)C1C1CC2CC1C(=O)O. The van der Waals surface area contributed by atoms with Crippen molar-refractivity contribution in [2.24, 2.45) is 40.9 Å². The summed E-state index contributed by atoms with van der Waals surface area (Å²) in [5.41, 5.74) is 0.505. The van der Waals surface area contributed by atoms with Crippen molar-refractivity contribution in [2.75, 3.05) is 0 Å². The van der Waals surface area contributed by atoms with Gasteiger partial charge < -0.3 is 5.11 Å². The van der Waals surface area contributed by atoms with E-state index in [0.717, 1.165) is 12.3 Å². The number of allylic oxidation sites excluding steroid dienone is 2. The van der Waals surface area contributed by atoms with Crippen LogP contribution in [0.15, 0.2) is 12.2 Å². The number of carbonyl (C=O) groups is 1. The lowest BCUT2D eigenvalue weighted by Gasteiger charge is -2.47. The zero-order valence-corrected chi connectivity index (χ0v) is 11.0. The fraction of sp³-hybridized carbons (Fsp3) is 0.812. The van der Waals surface area contributed by atoms with Crippen LogP contribution < -0.4 is 0 Å². The van der Waals surface area contributed by atoms with Crippen LogP contribution in [0.1, 0.15) is 39.0 Å². The van der Waals surface area contributed by atoms with E-state index in [4.69, 9.17) is 0 Å². The lowest BCUT2D eigenvalue weighted by atomic mass is 9.57. The average molecular weight is 246 g/mol. The van der Waals surface area contributed by atoms with Gasteiger partial charge in [0, 0.05) is 0 Å². The van der Waals surface area contributed by atoms with E-state index in [0.29, 0.717) is 29.1 Å². The minimum Gasteiger partial charge on any atom is -0.481 e. The molecule has 3 saturated carbocycles. The van der Waals surface area contributed by atoms with Crippen molar-refractivity contribution >= 4 is 5.97 Å². The second kappa shape index (κ2) is 3.40. The third kappa shape index (κ3) is 1.05. The molecule has 0 spiro atoms. The Morgan fingerprint density at radius 2 is 2.17 bits per heavy atom. The van der Waals surface area contributed by atoms with Gasteiger partial charge in [-0.15, -0.1) is 0 Å². The maximum absolute atomic E-state index is 11.4. The minimum absolute atomic E-state index is 0.0299. The predicted octanol–water partition coefficient (Wildman–Crippen LogP) is 3.34. The van der Waals surface area contributed by atoms with Crippen LogP contribution in [0.4, 0.5) is 0 Å². The first-order valence-electron chi connectivity index (χ1n) is 7.59. The highest BCUT2D eigenvalue weighted by Gasteiger charge is 2.69. The van der Waals surface area contributed by atoms with E-state index < -0.39 is 5.97 Å². The average Bonchev–Trinajstić information content (AvgIpc) is 3.06. The van der Waals surface area contributed by atoms with Crippen molar-refractivity contribution in [3.63, 3.8) is 0 Å². The Morgan fingerprint density at radius 3 is 2.89 bits per heavy atom. The summed E-state index contributed by atoms with van der Waals surface area (Å²) in [4.78, 5) is 11.4. The second-order valence-corrected chi connectivity index (χ2v) is 7.06. The molecule has 4 rings (SSSR count). The molecule has 0 aromatic carbocycles. The number of aliphatic carboxylic acids is 1. The second-order valence-electron chi connectivity index (χ2n) is 7.06. The zero-order valence-electron chi connectivity index (χ0n) is 11.0. The number of carboxylic acids is 1. The highest BCUT2D eigenvalue weighted by molar-refractivity contribution is 5.71. The topological polar surface area (TPSA) is 37.3 Å². The lowest BCUT2D eigenvalue weighted by Crippen LogP contribution is -2.43. The fourth-order valence-electron chi connectivity index (χ4n) is 6.51. The van der Waals surface area contributed by atoms with Crippen LogP contribution in [0.3, 0.4) is 0 Å². The summed E-state index contributed by atoms with van der Waals surface area (Å²) in [5.74, 6) is 2.81. The van der Waals surface area contributed by atoms with Gasteiger partial charge in [0.25, 0.3) is 0 Å². The van der Waals surface area contributed by atoms with Gasteiger partial charge in [0.05, 0.1) is 5.92 Å². The van der Waals surface area contributed by atoms with Gasteiger partial charge in [-0.05, 0) is 60.7 Å². The number of fused-ring (bicyclic) bond motifs is 9. The minimum atomic E-state index is -0.528. The van der Waals surface area contributed by atoms with E-state index >= 15 is 0 Å². The molecule has 0 aromatic rings. The molecule has 0 aliphatic heterocycles. The van der Waals surface area contributed by atoms with Gasteiger partial charge in [0.15, 0.2) is 0 Å². The normalized spacial score (nSPS) is 55.2. The van der Waals surface area contributed by atoms with Crippen LogP contribution >= 0.6 is 0 Å². The third-order valence-corrected chi connectivity index (χ3v) is 6.72. The first-order valence-corrected chi connectivity index (χ1v) is 7.59. The van der Waals surface area contributed by atoms with Gasteiger partial charge >= 0.3 is 5.97 Å². The van der Waals surface area contributed by atoms with Crippen LogP contribution in [-0.2, 0) is 4.79 Å². The molecule has 2 nitrogen and oxygen atoms in total. The monoisotopic (exact) mass is 246 g/mol. The number of hydrogen-bond acceptors (Lipinski definition) is 1. The summed E-state index contributed by atoms with van der Waals surface area (Å²) in [6.45, 7) is 2.29. The highest BCUT2D eigenvalue weighted by atomic mass is 16.4. The molecule has 4 bridgehead atoms. The molecule has 0 heterocycles. The lowest BCUT2D eigenvalue weighted by molar-refractivity contribution is -0.146. The van der Waals surface area contributed by atoms with Gasteiger partial charge in [-0.2, -0.15) is 0 Å². The zero-order chi connectivity index (χ0) is 12.5. The van der Waals surface area contributed by atoms with Crippen LogP contribution in [0, 0.1) is 40.9 Å². The molecular formula is C16H22O2. The van der Waals surface area contributed by atoms with E-state index in [-0.39, 0.29) is 5.92 Å². The summed E-state index contributed by atoms with van der Waals surface area (Å²) < 4.78 is 0. The largest absolute Gasteiger partial charge is 0.481 e. The summed E-state index contributed by atoms with van der Waals surface area (Å²) in [7, 11) is 0. The Morgan fingerprint density at radius 1 is 1.33 bits per heavy atom. The standard InChI is InChI=1S/C16H22O2/c1-2-5-16-10-4-3-9(6-10)14(16)12-7-11(16)8-13(12)15(17)18/h3-4,9-14H,2,5-8H2,1H3,(H,17,18). The van der Waals surface area contributed by atoms with E-state index in [9.17, 15) is 9.90 Å². The molecular weight excluding hydrogens is 224 g/mol. The Bertz CT molecular complexity index is 427. The summed E-state index contributed by atoms with van der Waals surface area (Å²) in [6, 6.07) is 0. The summed E-state index contributed by atoms with van der Waals surface area (Å²) in [6.07, 6.45) is 11.0. The van der Waals surface area contributed by atoms with Gasteiger partial charge in [-0.1, -0.05) is 25.5 Å². The van der Waals surface area contributed by atoms with Gasteiger partial charge in [0.1, 0.15) is 0 Å². The molecule has 7 unspecified atom stereocenters. The number of hydrogen-bond donors (Lipinski definition) is 1. The Labute approximate surface area is 108 Å². The molecule has 0 aromatic heterocycles. The molecule has 1 N–H and O–H groups in total. The van der Waals surface area contributed by atoms with Crippen molar-refractivity contribution < 1.29 is 9.90 Å². The van der Waals surface area contributed by atoms with Gasteiger partial charge in [0.2, 0.25) is 0 Å². The molecule has 0 radical (unpaired) electrons. The van der Waals surface area contributed by atoms with Crippen molar-refractivity contribution in [1.82, 2.24) is 0 Å². The van der Waals surface area contributed by atoms with Gasteiger partial charge in [-0.25, -0.2) is 0 Å². The number of rotatable bonds is 3. The molecule has 3 fully saturated rings. The smallest absolute Gasteiger partial charge is 0.306 e. The first-order chi connectivity index (χ1) is 8.68. The molecule has 0 amide bonds. The molecule has 7 atom stereocenters. The van der Waals surface area contributed by atoms with Crippen LogP contribution in [0.2, 0.25) is 0 Å². The molecule has 18 heavy (non-hydrogen) atoms. The molecule has 0 saturated heterocycles. The number of carboxylic acid groups (broad SMARTS) is 1. The Kier molecular flexibility index (Phi) is 2.09. The van der Waals surface area contributed by atoms with Crippen molar-refractivity contribution in [2.45, 2.75) is 39.0 Å². The quantitative estimate of drug-likeness (QED) is 0.612. The summed E-state index contributed by atoms with van der Waals surface area (Å²) in [5, 5.41) is 9.42. The van der Waals surface area contributed by atoms with Crippen LogP contribution in [-0.4, -0.2) is 11.1 Å². The molecule has 98 valence electrons. The van der Waals surface area contributed by atoms with Crippen LogP contribution in [0.5, 0.6) is 0 Å². The molecule has 4 aliphatic rings. The molecule has 4 aliphatic carbocycles. The van der Waals surface area contributed by atoms with Gasteiger partial charge in [-0.3, -0.25) is 4.79 Å².